The van der Waals surface area contributed by atoms with E-state index >= 15 is 0 Å². The van der Waals surface area contributed by atoms with Gasteiger partial charge >= 0.3 is 0 Å². The van der Waals surface area contributed by atoms with Crippen molar-refractivity contribution in [3.63, 3.8) is 0 Å². The molecule has 1 amide bonds. The third-order valence-corrected chi connectivity index (χ3v) is 5.33. The van der Waals surface area contributed by atoms with Crippen molar-refractivity contribution in [2.75, 3.05) is 20.1 Å². The zero-order valence-electron chi connectivity index (χ0n) is 13.7. The lowest BCUT2D eigenvalue weighted by molar-refractivity contribution is -0.126. The highest BCUT2D eigenvalue weighted by Gasteiger charge is 2.24. The molecule has 21 heavy (non-hydrogen) atoms. The van der Waals surface area contributed by atoms with E-state index in [1.807, 2.05) is 0 Å². The van der Waals surface area contributed by atoms with Crippen molar-refractivity contribution in [1.29, 1.82) is 0 Å². The number of carbonyl (C=O) groups is 1. The van der Waals surface area contributed by atoms with Crippen LogP contribution in [0.4, 0.5) is 0 Å². The number of carbonyl (C=O) groups excluding carboxylic acids is 1. The molecule has 2 fully saturated rings. The second-order valence-corrected chi connectivity index (χ2v) is 7.03. The second-order valence-electron chi connectivity index (χ2n) is 7.03. The highest BCUT2D eigenvalue weighted by atomic mass is 16.1. The molecule has 2 aliphatic carbocycles. The van der Waals surface area contributed by atoms with Crippen LogP contribution in [0.3, 0.4) is 0 Å². The summed E-state index contributed by atoms with van der Waals surface area (Å²) in [6, 6.07) is 1.09. The number of nitrogens with two attached hydrogens (primary N) is 1. The molecule has 3 N–H and O–H groups in total. The van der Waals surface area contributed by atoms with Gasteiger partial charge in [0.15, 0.2) is 0 Å². The second kappa shape index (κ2) is 8.74. The van der Waals surface area contributed by atoms with Crippen LogP contribution in [0.1, 0.15) is 64.2 Å². The topological polar surface area (TPSA) is 58.4 Å². The molecule has 0 aromatic rings. The van der Waals surface area contributed by atoms with Gasteiger partial charge in [0.2, 0.25) is 5.91 Å². The lowest BCUT2D eigenvalue weighted by atomic mass is 9.86. The van der Waals surface area contributed by atoms with Gasteiger partial charge < -0.3 is 16.0 Å². The maximum absolute atomic E-state index is 12.1. The first kappa shape index (κ1) is 16.8. The molecule has 4 nitrogen and oxygen atoms in total. The standard InChI is InChI=1S/C17H33N3O/c1-20(16-6-3-2-4-7-16)13-5-12-19-17(21)14-8-10-15(18)11-9-14/h14-16H,2-13,18H2,1H3,(H,19,21). The Kier molecular flexibility index (Phi) is 6.97. The lowest BCUT2D eigenvalue weighted by Gasteiger charge is -2.31. The fourth-order valence-electron chi connectivity index (χ4n) is 3.77. The molecule has 0 aromatic carbocycles. The Labute approximate surface area is 129 Å². The molecule has 4 heteroatoms. The van der Waals surface area contributed by atoms with E-state index in [9.17, 15) is 4.79 Å². The predicted molar refractivity (Wildman–Crippen MR) is 87.1 cm³/mol. The molecule has 0 aliphatic heterocycles. The Balaban J connectivity index is 1.55. The fourth-order valence-corrected chi connectivity index (χ4v) is 3.77. The SMILES string of the molecule is CN(CCCNC(=O)C1CCC(N)CC1)C1CCCCC1. The Hall–Kier alpha value is -0.610. The number of hydrogen-bond donors (Lipinski definition) is 2. The molecule has 0 aromatic heterocycles. The fraction of sp³-hybridized carbons (Fsp3) is 0.941. The molecule has 0 unspecified atom stereocenters. The average molecular weight is 295 g/mol. The number of nitrogens with zero attached hydrogens (tertiary/aromatic N) is 1. The number of rotatable bonds is 6. The Bertz CT molecular complexity index is 307. The highest BCUT2D eigenvalue weighted by molar-refractivity contribution is 5.78. The molecule has 2 saturated carbocycles. The van der Waals surface area contributed by atoms with Gasteiger partial charge in [-0.1, -0.05) is 19.3 Å². The van der Waals surface area contributed by atoms with Gasteiger partial charge in [-0.2, -0.15) is 0 Å². The van der Waals surface area contributed by atoms with Crippen molar-refractivity contribution < 1.29 is 4.79 Å². The summed E-state index contributed by atoms with van der Waals surface area (Å²) in [5, 5.41) is 3.12. The van der Waals surface area contributed by atoms with Crippen LogP contribution in [0.5, 0.6) is 0 Å². The number of nitrogens with one attached hydrogen (secondary N) is 1. The van der Waals surface area contributed by atoms with Gasteiger partial charge in [-0.05, 0) is 58.5 Å². The minimum Gasteiger partial charge on any atom is -0.356 e. The van der Waals surface area contributed by atoms with Crippen LogP contribution in [-0.4, -0.2) is 43.0 Å². The van der Waals surface area contributed by atoms with Crippen molar-refractivity contribution in [3.8, 4) is 0 Å². The largest absolute Gasteiger partial charge is 0.356 e. The van der Waals surface area contributed by atoms with Gasteiger partial charge in [0.25, 0.3) is 0 Å². The summed E-state index contributed by atoms with van der Waals surface area (Å²) >= 11 is 0. The molecule has 2 aliphatic rings. The van der Waals surface area contributed by atoms with Crippen LogP contribution in [0.15, 0.2) is 0 Å². The molecule has 0 heterocycles. The molecule has 0 spiro atoms. The summed E-state index contributed by atoms with van der Waals surface area (Å²) in [6.07, 6.45) is 11.9. The average Bonchev–Trinajstić information content (AvgIpc) is 2.52. The smallest absolute Gasteiger partial charge is 0.223 e. The molecule has 0 saturated heterocycles. The van der Waals surface area contributed by atoms with Gasteiger partial charge in [0, 0.05) is 24.5 Å². The van der Waals surface area contributed by atoms with E-state index < -0.39 is 0 Å². The van der Waals surface area contributed by atoms with Crippen molar-refractivity contribution >= 4 is 5.91 Å². The zero-order valence-corrected chi connectivity index (χ0v) is 13.7. The monoisotopic (exact) mass is 295 g/mol. The van der Waals surface area contributed by atoms with Gasteiger partial charge in [0.1, 0.15) is 0 Å². The van der Waals surface area contributed by atoms with Gasteiger partial charge in [-0.25, -0.2) is 0 Å². The van der Waals surface area contributed by atoms with E-state index in [4.69, 9.17) is 5.73 Å². The van der Waals surface area contributed by atoms with Crippen molar-refractivity contribution in [1.82, 2.24) is 10.2 Å². The Morgan fingerprint density at radius 2 is 1.76 bits per heavy atom. The minimum atomic E-state index is 0.209. The number of hydrogen-bond acceptors (Lipinski definition) is 3. The van der Waals surface area contributed by atoms with Crippen LogP contribution in [0.25, 0.3) is 0 Å². The number of amides is 1. The van der Waals surface area contributed by atoms with Gasteiger partial charge in [-0.3, -0.25) is 4.79 Å². The molecule has 0 bridgehead atoms. The Morgan fingerprint density at radius 1 is 1.10 bits per heavy atom. The van der Waals surface area contributed by atoms with Crippen molar-refractivity contribution in [3.05, 3.63) is 0 Å². The van der Waals surface area contributed by atoms with E-state index in [1.54, 1.807) is 0 Å². The lowest BCUT2D eigenvalue weighted by Crippen LogP contribution is -2.38. The summed E-state index contributed by atoms with van der Waals surface area (Å²) in [7, 11) is 2.24. The van der Waals surface area contributed by atoms with E-state index in [2.05, 4.69) is 17.3 Å². The third kappa shape index (κ3) is 5.59. The van der Waals surface area contributed by atoms with Crippen LogP contribution in [-0.2, 0) is 4.79 Å². The van der Waals surface area contributed by atoms with Gasteiger partial charge in [0.05, 0.1) is 0 Å². The van der Waals surface area contributed by atoms with Crippen LogP contribution in [0, 0.1) is 5.92 Å². The summed E-state index contributed by atoms with van der Waals surface area (Å²) in [4.78, 5) is 14.6. The van der Waals surface area contributed by atoms with E-state index in [-0.39, 0.29) is 11.8 Å². The van der Waals surface area contributed by atoms with Crippen LogP contribution < -0.4 is 11.1 Å². The first-order chi connectivity index (χ1) is 10.2. The quantitative estimate of drug-likeness (QED) is 0.739. The van der Waals surface area contributed by atoms with Crippen molar-refractivity contribution in [2.24, 2.45) is 11.7 Å². The summed E-state index contributed by atoms with van der Waals surface area (Å²) < 4.78 is 0. The van der Waals surface area contributed by atoms with E-state index in [0.717, 1.165) is 51.2 Å². The first-order valence-electron chi connectivity index (χ1n) is 8.90. The maximum Gasteiger partial charge on any atom is 0.223 e. The third-order valence-electron chi connectivity index (χ3n) is 5.33. The first-order valence-corrected chi connectivity index (χ1v) is 8.90. The molecule has 0 radical (unpaired) electrons. The summed E-state index contributed by atoms with van der Waals surface area (Å²) in [5.74, 6) is 0.461. The molecule has 0 atom stereocenters. The molecular formula is C17H33N3O. The minimum absolute atomic E-state index is 0.209. The van der Waals surface area contributed by atoms with Crippen LogP contribution >= 0.6 is 0 Å². The molecular weight excluding hydrogens is 262 g/mol. The van der Waals surface area contributed by atoms with Crippen LogP contribution in [0.2, 0.25) is 0 Å². The van der Waals surface area contributed by atoms with Gasteiger partial charge in [-0.15, -0.1) is 0 Å². The zero-order chi connectivity index (χ0) is 15.1. The molecule has 2 rings (SSSR count). The maximum atomic E-state index is 12.1. The normalized spacial score (nSPS) is 27.8. The van der Waals surface area contributed by atoms with E-state index in [1.165, 1.54) is 32.1 Å². The molecule has 122 valence electrons. The van der Waals surface area contributed by atoms with Crippen molar-refractivity contribution in [2.45, 2.75) is 76.3 Å². The highest BCUT2D eigenvalue weighted by Crippen LogP contribution is 2.23. The summed E-state index contributed by atoms with van der Waals surface area (Å²) in [6.45, 7) is 1.92. The summed E-state index contributed by atoms with van der Waals surface area (Å²) in [5.41, 5.74) is 5.89. The predicted octanol–water partition coefficient (Wildman–Crippen LogP) is 2.27. The van der Waals surface area contributed by atoms with E-state index in [0.29, 0.717) is 6.04 Å². The Morgan fingerprint density at radius 3 is 2.43 bits per heavy atom.